The smallest absolute Gasteiger partial charge is 0.459 e. The topological polar surface area (TPSA) is 60.0 Å². The third-order valence-electron chi connectivity index (χ3n) is 3.08. The maximum atomic E-state index is 13.2. The first-order valence-electron chi connectivity index (χ1n) is 6.82. The molecule has 1 aromatic carbocycles. The van der Waals surface area contributed by atoms with Gasteiger partial charge in [0.25, 0.3) is 5.69 Å². The second-order valence-electron chi connectivity index (χ2n) is 4.76. The average molecular weight is 350 g/mol. The zero-order valence-corrected chi connectivity index (χ0v) is 12.9. The predicted octanol–water partition coefficient (Wildman–Crippen LogP) is 2.76. The van der Waals surface area contributed by atoms with Gasteiger partial charge < -0.3 is 5.11 Å². The highest BCUT2D eigenvalue weighted by Gasteiger charge is 2.43. The summed E-state index contributed by atoms with van der Waals surface area (Å²) in [5, 5.41) is 9.74. The molecule has 0 aliphatic rings. The number of pyridine rings is 1. The fraction of sp³-hybridized carbons (Fsp3) is 0.0625. The number of nitrogens with zero attached hydrogens (tertiary/aromatic N) is 2. The van der Waals surface area contributed by atoms with Crippen molar-refractivity contribution in [2.45, 2.75) is 6.18 Å². The molecule has 0 unspecified atom stereocenters. The summed E-state index contributed by atoms with van der Waals surface area (Å²) in [4.78, 5) is 10.2. The van der Waals surface area contributed by atoms with Gasteiger partial charge in [0.05, 0.1) is 17.5 Å². The molecular weight excluding hydrogens is 339 g/mol. The largest absolute Gasteiger partial charge is 0.507 e. The maximum absolute atomic E-state index is 13.2. The SMILES string of the molecule is Oc1ccccc1C=[NH+]c1nc(C(F)(F)F)c(-c2ccccn2)s1. The van der Waals surface area contributed by atoms with Crippen molar-refractivity contribution in [1.29, 1.82) is 0 Å². The van der Waals surface area contributed by atoms with E-state index >= 15 is 0 Å². The van der Waals surface area contributed by atoms with Gasteiger partial charge in [-0.2, -0.15) is 13.2 Å². The highest BCUT2D eigenvalue weighted by Crippen LogP contribution is 2.39. The van der Waals surface area contributed by atoms with Crippen LogP contribution in [0.2, 0.25) is 0 Å². The summed E-state index contributed by atoms with van der Waals surface area (Å²) in [7, 11) is 0. The standard InChI is InChI=1S/C16H10F3N3OS/c17-16(18,19)14-13(11-6-3-4-8-20-11)24-15(22-14)21-9-10-5-1-2-7-12(10)23/h1-9,23H/p+1. The minimum Gasteiger partial charge on any atom is -0.507 e. The quantitative estimate of drug-likeness (QED) is 0.714. The molecule has 3 rings (SSSR count). The number of hydrogen-bond acceptors (Lipinski definition) is 4. The molecule has 0 amide bonds. The Morgan fingerprint density at radius 3 is 2.50 bits per heavy atom. The van der Waals surface area contributed by atoms with Crippen molar-refractivity contribution in [2.24, 2.45) is 0 Å². The lowest BCUT2D eigenvalue weighted by atomic mass is 10.2. The Bertz CT molecular complexity index is 876. The molecular formula is C16H11F3N3OS+. The summed E-state index contributed by atoms with van der Waals surface area (Å²) in [6, 6.07) is 11.2. The number of rotatable bonds is 3. The van der Waals surface area contributed by atoms with Gasteiger partial charge in [0, 0.05) is 6.20 Å². The van der Waals surface area contributed by atoms with Gasteiger partial charge in [-0.05, 0) is 40.6 Å². The second kappa shape index (κ2) is 6.40. The van der Waals surface area contributed by atoms with E-state index in [0.29, 0.717) is 5.56 Å². The predicted molar refractivity (Wildman–Crippen MR) is 84.2 cm³/mol. The van der Waals surface area contributed by atoms with E-state index in [-0.39, 0.29) is 21.5 Å². The number of benzene rings is 1. The molecule has 0 saturated heterocycles. The zero-order chi connectivity index (χ0) is 17.2. The van der Waals surface area contributed by atoms with Crippen LogP contribution in [0.15, 0.2) is 48.7 Å². The second-order valence-corrected chi connectivity index (χ2v) is 5.76. The lowest BCUT2D eigenvalue weighted by Gasteiger charge is -2.01. The minimum atomic E-state index is -4.59. The molecule has 0 radical (unpaired) electrons. The summed E-state index contributed by atoms with van der Waals surface area (Å²) in [5.74, 6) is 0.0163. The van der Waals surface area contributed by atoms with Gasteiger partial charge in [0.2, 0.25) is 0 Å². The Kier molecular flexibility index (Phi) is 4.30. The number of hydrogen-bond donors (Lipinski definition) is 2. The van der Waals surface area contributed by atoms with Crippen LogP contribution in [0.3, 0.4) is 0 Å². The first-order chi connectivity index (χ1) is 11.4. The summed E-state index contributed by atoms with van der Waals surface area (Å²) in [6.07, 6.45) is -1.76. The first kappa shape index (κ1) is 16.1. The van der Waals surface area contributed by atoms with Crippen LogP contribution in [-0.2, 0) is 6.18 Å². The van der Waals surface area contributed by atoms with Crippen molar-refractivity contribution in [3.8, 4) is 16.3 Å². The normalized spacial score (nSPS) is 12.0. The van der Waals surface area contributed by atoms with E-state index in [2.05, 4.69) is 15.0 Å². The van der Waals surface area contributed by atoms with Gasteiger partial charge >= 0.3 is 11.3 Å². The van der Waals surface area contributed by atoms with E-state index in [4.69, 9.17) is 0 Å². The van der Waals surface area contributed by atoms with Crippen molar-refractivity contribution in [2.75, 3.05) is 0 Å². The van der Waals surface area contributed by atoms with Crippen molar-refractivity contribution >= 4 is 22.7 Å². The van der Waals surface area contributed by atoms with Crippen LogP contribution in [0.25, 0.3) is 10.6 Å². The van der Waals surface area contributed by atoms with Gasteiger partial charge in [-0.15, -0.1) is 0 Å². The van der Waals surface area contributed by atoms with Crippen LogP contribution in [0.1, 0.15) is 11.3 Å². The number of nitrogens with one attached hydrogen (secondary N) is 1. The van der Waals surface area contributed by atoms with Gasteiger partial charge in [-0.25, -0.2) is 4.99 Å². The van der Waals surface area contributed by atoms with Crippen molar-refractivity contribution in [1.82, 2.24) is 9.97 Å². The monoisotopic (exact) mass is 350 g/mol. The first-order valence-corrected chi connectivity index (χ1v) is 7.64. The van der Waals surface area contributed by atoms with Gasteiger partial charge in [-0.1, -0.05) is 18.2 Å². The third kappa shape index (κ3) is 3.43. The van der Waals surface area contributed by atoms with Crippen LogP contribution >= 0.6 is 11.3 Å². The lowest BCUT2D eigenvalue weighted by molar-refractivity contribution is -0.347. The molecule has 3 aromatic rings. The van der Waals surface area contributed by atoms with Crippen LogP contribution in [-0.4, -0.2) is 21.3 Å². The molecule has 8 heteroatoms. The van der Waals surface area contributed by atoms with Crippen LogP contribution in [0.4, 0.5) is 18.3 Å². The number of phenolic OH excluding ortho intramolecular Hbond substituents is 1. The summed E-state index contributed by atoms with van der Waals surface area (Å²) < 4.78 is 39.6. The Balaban J connectivity index is 2.02. The Hall–Kier alpha value is -2.74. The average Bonchev–Trinajstić information content (AvgIpc) is 3.00. The molecule has 0 fully saturated rings. The number of aromatic nitrogens is 2. The maximum Gasteiger partial charge on any atom is 0.459 e. The summed E-state index contributed by atoms with van der Waals surface area (Å²) in [5.41, 5.74) is -0.335. The van der Waals surface area contributed by atoms with Crippen molar-refractivity contribution in [3.63, 3.8) is 0 Å². The summed E-state index contributed by atoms with van der Waals surface area (Å²) in [6.45, 7) is 0. The summed E-state index contributed by atoms with van der Waals surface area (Å²) >= 11 is 0.847. The highest BCUT2D eigenvalue weighted by atomic mass is 32.1. The van der Waals surface area contributed by atoms with E-state index in [1.165, 1.54) is 24.5 Å². The highest BCUT2D eigenvalue weighted by molar-refractivity contribution is 7.18. The molecule has 0 aliphatic heterocycles. The minimum absolute atomic E-state index is 0.0163. The number of alkyl halides is 3. The van der Waals surface area contributed by atoms with E-state index in [1.54, 1.807) is 30.3 Å². The fourth-order valence-electron chi connectivity index (χ4n) is 1.99. The van der Waals surface area contributed by atoms with E-state index in [9.17, 15) is 18.3 Å². The van der Waals surface area contributed by atoms with Gasteiger partial charge in [0.1, 0.15) is 10.6 Å². The fourth-order valence-corrected chi connectivity index (χ4v) is 2.93. The molecule has 122 valence electrons. The van der Waals surface area contributed by atoms with Crippen LogP contribution < -0.4 is 4.99 Å². The zero-order valence-electron chi connectivity index (χ0n) is 12.1. The Labute approximate surface area is 139 Å². The van der Waals surface area contributed by atoms with E-state index in [0.717, 1.165) is 11.3 Å². The third-order valence-corrected chi connectivity index (χ3v) is 4.09. The molecule has 24 heavy (non-hydrogen) atoms. The van der Waals surface area contributed by atoms with Gasteiger partial charge in [0.15, 0.2) is 0 Å². The molecule has 2 heterocycles. The number of phenols is 1. The van der Waals surface area contributed by atoms with E-state index < -0.39 is 11.9 Å². The van der Waals surface area contributed by atoms with Crippen LogP contribution in [0, 0.1) is 0 Å². The molecule has 4 nitrogen and oxygen atoms in total. The molecule has 0 spiro atoms. The number of thiazole rings is 1. The van der Waals surface area contributed by atoms with E-state index in [1.807, 2.05) is 0 Å². The lowest BCUT2D eigenvalue weighted by Crippen LogP contribution is -2.61. The number of halogens is 3. The molecule has 0 atom stereocenters. The molecule has 0 aliphatic carbocycles. The molecule has 2 aromatic heterocycles. The van der Waals surface area contributed by atoms with Crippen molar-refractivity contribution < 1.29 is 23.3 Å². The van der Waals surface area contributed by atoms with Gasteiger partial charge in [-0.3, -0.25) is 4.98 Å². The molecule has 0 bridgehead atoms. The van der Waals surface area contributed by atoms with Crippen molar-refractivity contribution in [3.05, 3.63) is 59.9 Å². The Morgan fingerprint density at radius 2 is 1.83 bits per heavy atom. The number of para-hydroxylation sites is 1. The molecule has 0 saturated carbocycles. The van der Waals surface area contributed by atoms with Crippen LogP contribution in [0.5, 0.6) is 5.75 Å². The Morgan fingerprint density at radius 1 is 1.08 bits per heavy atom. The molecule has 2 N–H and O–H groups in total. The number of aromatic hydroxyl groups is 1.